The lowest BCUT2D eigenvalue weighted by molar-refractivity contribution is 0.0696. The van der Waals surface area contributed by atoms with Gasteiger partial charge in [0.05, 0.1) is 5.56 Å². The average Bonchev–Trinajstić information content (AvgIpc) is 2.46. The molecule has 0 bridgehead atoms. The summed E-state index contributed by atoms with van der Waals surface area (Å²) in [4.78, 5) is 10.9. The number of carboxylic acid groups (broad SMARTS) is 1. The van der Waals surface area contributed by atoms with Crippen LogP contribution in [0.1, 0.15) is 35.3 Å². The van der Waals surface area contributed by atoms with E-state index in [1.54, 1.807) is 18.2 Å². The summed E-state index contributed by atoms with van der Waals surface area (Å²) in [6.07, 6.45) is 2.10. The molecule has 0 aliphatic rings. The molecule has 0 spiro atoms. The molecule has 3 nitrogen and oxygen atoms in total. The maximum Gasteiger partial charge on any atom is 0.335 e. The first kappa shape index (κ1) is 14.9. The van der Waals surface area contributed by atoms with Crippen molar-refractivity contribution in [3.05, 3.63) is 70.8 Å². The molecule has 108 valence electrons. The Balaban J connectivity index is 2.01. The van der Waals surface area contributed by atoms with Gasteiger partial charge in [0.2, 0.25) is 0 Å². The molecule has 0 saturated carbocycles. The van der Waals surface area contributed by atoms with E-state index >= 15 is 0 Å². The second kappa shape index (κ2) is 6.75. The molecule has 2 aromatic rings. The predicted molar refractivity (Wildman–Crippen MR) is 83.5 cm³/mol. The molecular weight excluding hydrogens is 264 g/mol. The third-order valence-electron chi connectivity index (χ3n) is 2.91. The van der Waals surface area contributed by atoms with E-state index in [4.69, 9.17) is 9.84 Å². The molecule has 0 aliphatic carbocycles. The van der Waals surface area contributed by atoms with Gasteiger partial charge in [0, 0.05) is 0 Å². The van der Waals surface area contributed by atoms with Crippen LogP contribution in [0.5, 0.6) is 5.75 Å². The standard InChI is InChI=1S/C18H18O3/c1-13(2)10-14-6-8-17(9-7-14)21-12-15-4-3-5-16(11-15)18(19)20/h3-11H,12H2,1-2H3,(H,19,20). The lowest BCUT2D eigenvalue weighted by atomic mass is 10.1. The number of rotatable bonds is 5. The minimum Gasteiger partial charge on any atom is -0.489 e. The maximum absolute atomic E-state index is 10.9. The van der Waals surface area contributed by atoms with Gasteiger partial charge in [0.1, 0.15) is 12.4 Å². The van der Waals surface area contributed by atoms with Crippen molar-refractivity contribution >= 4 is 12.0 Å². The zero-order chi connectivity index (χ0) is 15.2. The van der Waals surface area contributed by atoms with E-state index in [-0.39, 0.29) is 5.56 Å². The van der Waals surface area contributed by atoms with Crippen molar-refractivity contribution in [1.29, 1.82) is 0 Å². The van der Waals surface area contributed by atoms with Crippen molar-refractivity contribution in [3.8, 4) is 5.75 Å². The first-order valence-electron chi connectivity index (χ1n) is 6.74. The fraction of sp³-hybridized carbons (Fsp3) is 0.167. The van der Waals surface area contributed by atoms with Crippen LogP contribution in [0.2, 0.25) is 0 Å². The van der Waals surface area contributed by atoms with Gasteiger partial charge in [0.15, 0.2) is 0 Å². The summed E-state index contributed by atoms with van der Waals surface area (Å²) in [5, 5.41) is 8.95. The Labute approximate surface area is 124 Å². The second-order valence-corrected chi connectivity index (χ2v) is 5.08. The summed E-state index contributed by atoms with van der Waals surface area (Å²) in [7, 11) is 0. The minimum atomic E-state index is -0.928. The zero-order valence-electron chi connectivity index (χ0n) is 12.2. The number of ether oxygens (including phenoxy) is 1. The largest absolute Gasteiger partial charge is 0.489 e. The first-order chi connectivity index (χ1) is 10.0. The Morgan fingerprint density at radius 3 is 2.48 bits per heavy atom. The van der Waals surface area contributed by atoms with Crippen LogP contribution in [-0.2, 0) is 6.61 Å². The number of hydrogen-bond acceptors (Lipinski definition) is 2. The lowest BCUT2D eigenvalue weighted by Crippen LogP contribution is -2.00. The monoisotopic (exact) mass is 282 g/mol. The van der Waals surface area contributed by atoms with E-state index in [1.165, 1.54) is 5.57 Å². The van der Waals surface area contributed by atoms with E-state index in [0.717, 1.165) is 16.9 Å². The Bertz CT molecular complexity index is 650. The van der Waals surface area contributed by atoms with E-state index < -0.39 is 5.97 Å². The average molecular weight is 282 g/mol. The van der Waals surface area contributed by atoms with Crippen LogP contribution >= 0.6 is 0 Å². The molecule has 2 rings (SSSR count). The molecule has 3 heteroatoms. The molecule has 0 aromatic heterocycles. The van der Waals surface area contributed by atoms with Gasteiger partial charge < -0.3 is 9.84 Å². The number of benzene rings is 2. The van der Waals surface area contributed by atoms with Gasteiger partial charge in [-0.25, -0.2) is 4.79 Å². The third kappa shape index (κ3) is 4.49. The molecule has 0 saturated heterocycles. The third-order valence-corrected chi connectivity index (χ3v) is 2.91. The van der Waals surface area contributed by atoms with Crippen LogP contribution in [0.4, 0.5) is 0 Å². The highest BCUT2D eigenvalue weighted by Crippen LogP contribution is 2.16. The molecule has 0 unspecified atom stereocenters. The molecule has 2 aromatic carbocycles. The van der Waals surface area contributed by atoms with Crippen LogP contribution in [0.25, 0.3) is 6.08 Å². The van der Waals surface area contributed by atoms with Gasteiger partial charge in [-0.1, -0.05) is 35.9 Å². The predicted octanol–water partition coefficient (Wildman–Crippen LogP) is 4.39. The van der Waals surface area contributed by atoms with Crippen molar-refractivity contribution in [2.24, 2.45) is 0 Å². The molecule has 0 amide bonds. The summed E-state index contributed by atoms with van der Waals surface area (Å²) in [5.74, 6) is -0.162. The van der Waals surface area contributed by atoms with Gasteiger partial charge in [-0.2, -0.15) is 0 Å². The fourth-order valence-electron chi connectivity index (χ4n) is 1.95. The highest BCUT2D eigenvalue weighted by atomic mass is 16.5. The Morgan fingerprint density at radius 1 is 1.14 bits per heavy atom. The van der Waals surface area contributed by atoms with Crippen molar-refractivity contribution in [1.82, 2.24) is 0 Å². The van der Waals surface area contributed by atoms with Crippen LogP contribution in [-0.4, -0.2) is 11.1 Å². The van der Waals surface area contributed by atoms with E-state index in [0.29, 0.717) is 6.61 Å². The molecule has 0 fully saturated rings. The molecule has 21 heavy (non-hydrogen) atoms. The Morgan fingerprint density at radius 2 is 1.86 bits per heavy atom. The highest BCUT2D eigenvalue weighted by Gasteiger charge is 2.03. The fourth-order valence-corrected chi connectivity index (χ4v) is 1.95. The minimum absolute atomic E-state index is 0.273. The highest BCUT2D eigenvalue weighted by molar-refractivity contribution is 5.87. The SMILES string of the molecule is CC(C)=Cc1ccc(OCc2cccc(C(=O)O)c2)cc1. The Hall–Kier alpha value is -2.55. The first-order valence-corrected chi connectivity index (χ1v) is 6.74. The number of aromatic carboxylic acids is 1. The summed E-state index contributed by atoms with van der Waals surface area (Å²) < 4.78 is 5.67. The van der Waals surface area contributed by atoms with Crippen LogP contribution in [0.3, 0.4) is 0 Å². The van der Waals surface area contributed by atoms with Gasteiger partial charge in [-0.05, 0) is 49.2 Å². The van der Waals surface area contributed by atoms with Gasteiger partial charge in [-0.3, -0.25) is 0 Å². The summed E-state index contributed by atoms with van der Waals surface area (Å²) >= 11 is 0. The number of hydrogen-bond donors (Lipinski definition) is 1. The van der Waals surface area contributed by atoms with Gasteiger partial charge in [-0.15, -0.1) is 0 Å². The summed E-state index contributed by atoms with van der Waals surface area (Å²) in [6.45, 7) is 4.46. The van der Waals surface area contributed by atoms with Crippen LogP contribution in [0.15, 0.2) is 54.1 Å². The van der Waals surface area contributed by atoms with Crippen molar-refractivity contribution < 1.29 is 14.6 Å². The quantitative estimate of drug-likeness (QED) is 0.884. The second-order valence-electron chi connectivity index (χ2n) is 5.08. The number of allylic oxidation sites excluding steroid dienone is 1. The normalized spacial score (nSPS) is 10.0. The molecule has 0 heterocycles. The zero-order valence-corrected chi connectivity index (χ0v) is 12.2. The molecule has 0 atom stereocenters. The summed E-state index contributed by atoms with van der Waals surface area (Å²) in [6, 6.07) is 14.6. The number of carboxylic acids is 1. The van der Waals surface area contributed by atoms with Crippen molar-refractivity contribution in [2.75, 3.05) is 0 Å². The molecule has 0 radical (unpaired) electrons. The Kier molecular flexibility index (Phi) is 4.77. The summed E-state index contributed by atoms with van der Waals surface area (Å²) in [5.41, 5.74) is 3.49. The maximum atomic E-state index is 10.9. The van der Waals surface area contributed by atoms with E-state index in [2.05, 4.69) is 19.9 Å². The topological polar surface area (TPSA) is 46.5 Å². The van der Waals surface area contributed by atoms with Crippen LogP contribution < -0.4 is 4.74 Å². The number of carbonyl (C=O) groups is 1. The van der Waals surface area contributed by atoms with Gasteiger partial charge >= 0.3 is 5.97 Å². The van der Waals surface area contributed by atoms with E-state index in [1.807, 2.05) is 30.3 Å². The van der Waals surface area contributed by atoms with Gasteiger partial charge in [0.25, 0.3) is 0 Å². The van der Waals surface area contributed by atoms with Crippen molar-refractivity contribution in [2.45, 2.75) is 20.5 Å². The van der Waals surface area contributed by atoms with Crippen molar-refractivity contribution in [3.63, 3.8) is 0 Å². The lowest BCUT2D eigenvalue weighted by Gasteiger charge is -2.07. The van der Waals surface area contributed by atoms with E-state index in [9.17, 15) is 4.79 Å². The molecular formula is C18H18O3. The molecule has 0 aliphatic heterocycles. The van der Waals surface area contributed by atoms with Crippen LogP contribution in [0, 0.1) is 0 Å². The smallest absolute Gasteiger partial charge is 0.335 e. The molecule has 1 N–H and O–H groups in total.